The minimum Gasteiger partial charge on any atom is -0.491 e. The normalized spacial score (nSPS) is 20.0. The van der Waals surface area contributed by atoms with Crippen molar-refractivity contribution in [3.63, 3.8) is 0 Å². The third-order valence-electron chi connectivity index (χ3n) is 8.18. The summed E-state index contributed by atoms with van der Waals surface area (Å²) in [7, 11) is 1.71. The number of hydrogen-bond acceptors (Lipinski definition) is 5. The Hall–Kier alpha value is -3.39. The minimum absolute atomic E-state index is 0.0147. The maximum absolute atomic E-state index is 14.3. The second-order valence-corrected chi connectivity index (χ2v) is 12.8. The molecule has 0 aromatic heterocycles. The molecule has 41 heavy (non-hydrogen) atoms. The molecule has 0 radical (unpaired) electrons. The van der Waals surface area contributed by atoms with Crippen LogP contribution in [0.25, 0.3) is 0 Å². The van der Waals surface area contributed by atoms with Gasteiger partial charge in [-0.15, -0.1) is 0 Å². The highest BCUT2D eigenvalue weighted by atomic mass is 16.5. The highest BCUT2D eigenvalue weighted by molar-refractivity contribution is 5.94. The first-order valence-electron chi connectivity index (χ1n) is 14.8. The number of fused-ring (bicyclic) bond motifs is 2. The van der Waals surface area contributed by atoms with Crippen LogP contribution < -0.4 is 20.7 Å². The average molecular weight is 563 g/mol. The van der Waals surface area contributed by atoms with Gasteiger partial charge in [0.1, 0.15) is 17.8 Å². The van der Waals surface area contributed by atoms with E-state index in [1.54, 1.807) is 18.9 Å². The third kappa shape index (κ3) is 7.10. The molecule has 8 nitrogen and oxygen atoms in total. The molecular weight excluding hydrogens is 516 g/mol. The maximum Gasteiger partial charge on any atom is 0.246 e. The summed E-state index contributed by atoms with van der Waals surface area (Å²) in [5, 5.41) is 9.20. The minimum atomic E-state index is -0.812. The SMILES string of the molecule is CN[C@@H](C)C(=O)N[C@H](C(=O)N1Cc2cc(OC(C)C)ccc2C[C@@H]1C(=O)NC1CCCc2ccccc21)C(C)(C)C. The molecule has 3 N–H and O–H groups in total. The van der Waals surface area contributed by atoms with E-state index in [1.807, 2.05) is 65.0 Å². The van der Waals surface area contributed by atoms with Gasteiger partial charge in [0.25, 0.3) is 0 Å². The molecule has 2 aromatic carbocycles. The first kappa shape index (κ1) is 30.6. The van der Waals surface area contributed by atoms with Crippen molar-refractivity contribution in [2.75, 3.05) is 7.05 Å². The molecule has 0 saturated carbocycles. The first-order valence-corrected chi connectivity index (χ1v) is 14.8. The molecule has 4 atom stereocenters. The Morgan fingerprint density at radius 2 is 1.73 bits per heavy atom. The van der Waals surface area contributed by atoms with Gasteiger partial charge in [-0.2, -0.15) is 0 Å². The van der Waals surface area contributed by atoms with Gasteiger partial charge in [-0.3, -0.25) is 14.4 Å². The molecule has 1 heterocycles. The zero-order chi connectivity index (χ0) is 29.9. The smallest absolute Gasteiger partial charge is 0.246 e. The van der Waals surface area contributed by atoms with Crippen molar-refractivity contribution in [3.05, 3.63) is 64.7 Å². The van der Waals surface area contributed by atoms with Crippen molar-refractivity contribution >= 4 is 17.7 Å². The largest absolute Gasteiger partial charge is 0.491 e. The van der Waals surface area contributed by atoms with Crippen molar-refractivity contribution in [2.24, 2.45) is 5.41 Å². The molecule has 0 saturated heterocycles. The molecule has 1 aliphatic heterocycles. The van der Waals surface area contributed by atoms with E-state index < -0.39 is 23.5 Å². The Morgan fingerprint density at radius 3 is 2.41 bits per heavy atom. The van der Waals surface area contributed by atoms with Gasteiger partial charge < -0.3 is 25.6 Å². The summed E-state index contributed by atoms with van der Waals surface area (Å²) >= 11 is 0. The van der Waals surface area contributed by atoms with E-state index in [0.29, 0.717) is 6.42 Å². The second kappa shape index (κ2) is 12.6. The highest BCUT2D eigenvalue weighted by Crippen LogP contribution is 2.33. The molecule has 8 heteroatoms. The van der Waals surface area contributed by atoms with Gasteiger partial charge in [-0.1, -0.05) is 51.1 Å². The molecule has 0 bridgehead atoms. The fourth-order valence-electron chi connectivity index (χ4n) is 5.76. The number of nitrogens with zero attached hydrogens (tertiary/aromatic N) is 1. The molecule has 1 unspecified atom stereocenters. The van der Waals surface area contributed by atoms with Gasteiger partial charge in [0.2, 0.25) is 17.7 Å². The summed E-state index contributed by atoms with van der Waals surface area (Å²) in [6.07, 6.45) is 3.27. The lowest BCUT2D eigenvalue weighted by Crippen LogP contribution is -2.62. The van der Waals surface area contributed by atoms with Crippen LogP contribution in [-0.4, -0.2) is 53.9 Å². The van der Waals surface area contributed by atoms with E-state index in [-0.39, 0.29) is 36.4 Å². The number of rotatable bonds is 8. The number of benzene rings is 2. The fraction of sp³-hybridized carbons (Fsp3) is 0.545. The number of nitrogens with one attached hydrogen (secondary N) is 3. The zero-order valence-electron chi connectivity index (χ0n) is 25.5. The molecule has 2 aromatic rings. The summed E-state index contributed by atoms with van der Waals surface area (Å²) in [6.45, 7) is 11.8. The van der Waals surface area contributed by atoms with Crippen LogP contribution in [0.1, 0.15) is 82.7 Å². The Bertz CT molecular complexity index is 1270. The summed E-state index contributed by atoms with van der Waals surface area (Å²) in [5.41, 5.74) is 3.81. The fourth-order valence-corrected chi connectivity index (χ4v) is 5.76. The molecule has 1 aliphatic carbocycles. The van der Waals surface area contributed by atoms with Crippen LogP contribution >= 0.6 is 0 Å². The molecule has 3 amide bonds. The quantitative estimate of drug-likeness (QED) is 0.451. The van der Waals surface area contributed by atoms with E-state index >= 15 is 0 Å². The van der Waals surface area contributed by atoms with Crippen LogP contribution in [0.15, 0.2) is 42.5 Å². The van der Waals surface area contributed by atoms with E-state index in [4.69, 9.17) is 4.74 Å². The first-order chi connectivity index (χ1) is 19.4. The van der Waals surface area contributed by atoms with Gasteiger partial charge in [-0.25, -0.2) is 0 Å². The average Bonchev–Trinajstić information content (AvgIpc) is 2.93. The zero-order valence-corrected chi connectivity index (χ0v) is 25.5. The maximum atomic E-state index is 14.3. The Balaban J connectivity index is 1.67. The van der Waals surface area contributed by atoms with Crippen LogP contribution in [0.2, 0.25) is 0 Å². The number of amides is 3. The second-order valence-electron chi connectivity index (χ2n) is 12.8. The van der Waals surface area contributed by atoms with Crippen molar-refractivity contribution in [2.45, 2.75) is 104 Å². The van der Waals surface area contributed by atoms with Crippen LogP contribution in [-0.2, 0) is 33.8 Å². The van der Waals surface area contributed by atoms with Gasteiger partial charge >= 0.3 is 0 Å². The standard InChI is InChI=1S/C33H46N4O4/c1-20(2)41-25-16-15-23-18-28(31(39)35-27-14-10-12-22-11-8-9-13-26(22)27)37(19-24(23)17-25)32(40)29(33(4,5)6)36-30(38)21(3)34-7/h8-9,11,13,15-17,20-21,27-29,34H,10,12,14,18-19H2,1-7H3,(H,35,39)(H,36,38)/t21-,27?,28+,29+/m0/s1. The monoisotopic (exact) mass is 562 g/mol. The van der Waals surface area contributed by atoms with Crippen molar-refractivity contribution in [1.82, 2.24) is 20.9 Å². The number of ether oxygens (including phenoxy) is 1. The van der Waals surface area contributed by atoms with Crippen molar-refractivity contribution in [1.29, 1.82) is 0 Å². The van der Waals surface area contributed by atoms with Gasteiger partial charge in [0.15, 0.2) is 0 Å². The lowest BCUT2D eigenvalue weighted by atomic mass is 9.83. The van der Waals surface area contributed by atoms with Gasteiger partial charge in [0.05, 0.1) is 18.2 Å². The number of likely N-dealkylation sites (N-methyl/N-ethyl adjacent to an activating group) is 1. The van der Waals surface area contributed by atoms with Gasteiger partial charge in [0, 0.05) is 13.0 Å². The number of carbonyl (C=O) groups is 3. The van der Waals surface area contributed by atoms with Crippen molar-refractivity contribution < 1.29 is 19.1 Å². The Kier molecular flexibility index (Phi) is 9.42. The van der Waals surface area contributed by atoms with Crippen molar-refractivity contribution in [3.8, 4) is 5.75 Å². The summed E-state index contributed by atoms with van der Waals surface area (Å²) in [5.74, 6) is 0.0389. The predicted octanol–water partition coefficient (Wildman–Crippen LogP) is 4.06. The van der Waals surface area contributed by atoms with Crippen LogP contribution in [0.5, 0.6) is 5.75 Å². The van der Waals surface area contributed by atoms with E-state index in [2.05, 4.69) is 28.1 Å². The summed E-state index contributed by atoms with van der Waals surface area (Å²) in [6, 6.07) is 12.1. The van der Waals surface area contributed by atoms with Crippen LogP contribution in [0.3, 0.4) is 0 Å². The van der Waals surface area contributed by atoms with Crippen LogP contribution in [0, 0.1) is 5.41 Å². The number of hydrogen-bond donors (Lipinski definition) is 3. The molecule has 222 valence electrons. The Morgan fingerprint density at radius 1 is 1.00 bits per heavy atom. The van der Waals surface area contributed by atoms with Crippen LogP contribution in [0.4, 0.5) is 0 Å². The predicted molar refractivity (Wildman–Crippen MR) is 160 cm³/mol. The van der Waals surface area contributed by atoms with Gasteiger partial charge in [-0.05, 0) is 86.9 Å². The molecule has 2 aliphatic rings. The van der Waals surface area contributed by atoms with E-state index in [1.165, 1.54) is 5.56 Å². The topological polar surface area (TPSA) is 99.8 Å². The molecule has 0 fully saturated rings. The highest BCUT2D eigenvalue weighted by Gasteiger charge is 2.43. The van der Waals surface area contributed by atoms with E-state index in [9.17, 15) is 14.4 Å². The lowest BCUT2D eigenvalue weighted by molar-refractivity contribution is -0.147. The third-order valence-corrected chi connectivity index (χ3v) is 8.18. The molecule has 0 spiro atoms. The molecule has 4 rings (SSSR count). The number of carbonyl (C=O) groups excluding carboxylic acids is 3. The molecular formula is C33H46N4O4. The number of aryl methyl sites for hydroxylation is 1. The summed E-state index contributed by atoms with van der Waals surface area (Å²) < 4.78 is 5.93. The lowest BCUT2D eigenvalue weighted by Gasteiger charge is -2.42. The summed E-state index contributed by atoms with van der Waals surface area (Å²) in [4.78, 5) is 43.0. The Labute approximate surface area is 244 Å². The van der Waals surface area contributed by atoms with E-state index in [0.717, 1.165) is 41.7 Å².